The third-order valence-corrected chi connectivity index (χ3v) is 8.43. The van der Waals surface area contributed by atoms with Crippen molar-refractivity contribution < 1.29 is 37.3 Å². The Bertz CT molecular complexity index is 1310. The number of ether oxygens (including phenoxy) is 1. The van der Waals surface area contributed by atoms with Gasteiger partial charge in [0, 0.05) is 34.3 Å². The summed E-state index contributed by atoms with van der Waals surface area (Å²) in [6, 6.07) is 7.05. The molecule has 6 nitrogen and oxygen atoms in total. The van der Waals surface area contributed by atoms with E-state index in [9.17, 15) is 32.6 Å². The maximum atomic E-state index is 13.8. The van der Waals surface area contributed by atoms with Gasteiger partial charge in [0.15, 0.2) is 17.5 Å². The van der Waals surface area contributed by atoms with Crippen molar-refractivity contribution in [3.63, 3.8) is 0 Å². The molecule has 4 rings (SSSR count). The average Bonchev–Trinajstić information content (AvgIpc) is 2.94. The van der Waals surface area contributed by atoms with Crippen molar-refractivity contribution in [2.45, 2.75) is 43.4 Å². The number of fused-ring (bicyclic) bond motifs is 1. The van der Waals surface area contributed by atoms with Gasteiger partial charge in [-0.05, 0) is 74.7 Å². The number of piperidine rings is 1. The van der Waals surface area contributed by atoms with Crippen molar-refractivity contribution in [2.75, 3.05) is 32.5 Å². The van der Waals surface area contributed by atoms with Crippen molar-refractivity contribution in [2.24, 2.45) is 5.41 Å². The topological polar surface area (TPSA) is 82.9 Å². The molecule has 1 aliphatic rings. The zero-order chi connectivity index (χ0) is 28.2. The highest BCUT2D eigenvalue weighted by molar-refractivity contribution is 7.99. The van der Waals surface area contributed by atoms with E-state index in [0.717, 1.165) is 12.1 Å². The Kier molecular flexibility index (Phi) is 9.35. The number of rotatable bonds is 11. The van der Waals surface area contributed by atoms with E-state index >= 15 is 0 Å². The number of aliphatic hydroxyl groups is 1. The number of hydrogen-bond acceptors (Lipinski definition) is 6. The van der Waals surface area contributed by atoms with E-state index in [1.54, 1.807) is 18.2 Å². The lowest BCUT2D eigenvalue weighted by atomic mass is 9.74. The minimum Gasteiger partial charge on any atom is -0.497 e. The summed E-state index contributed by atoms with van der Waals surface area (Å²) in [6.45, 7) is 0.746. The lowest BCUT2D eigenvalue weighted by molar-refractivity contribution is -0.153. The number of alkyl halides is 1. The van der Waals surface area contributed by atoms with Crippen LogP contribution in [0.25, 0.3) is 10.9 Å². The van der Waals surface area contributed by atoms with Gasteiger partial charge in [-0.15, -0.1) is 11.8 Å². The molecule has 0 unspecified atom stereocenters. The Labute approximate surface area is 228 Å². The second-order valence-electron chi connectivity index (χ2n) is 9.74. The minimum absolute atomic E-state index is 0.132. The van der Waals surface area contributed by atoms with Gasteiger partial charge >= 0.3 is 5.97 Å². The number of aliphatic carboxylic acids is 1. The maximum Gasteiger partial charge on any atom is 0.309 e. The van der Waals surface area contributed by atoms with Crippen LogP contribution in [0.5, 0.6) is 5.75 Å². The Morgan fingerprint density at radius 2 is 1.87 bits per heavy atom. The molecule has 39 heavy (non-hydrogen) atoms. The molecule has 0 aliphatic carbocycles. The first kappa shape index (κ1) is 29.1. The maximum absolute atomic E-state index is 13.8. The number of benzene rings is 2. The molecule has 0 bridgehead atoms. The number of carboxylic acid groups (broad SMARTS) is 1. The van der Waals surface area contributed by atoms with Gasteiger partial charge in [0.2, 0.25) is 0 Å². The zero-order valence-corrected chi connectivity index (χ0v) is 22.2. The van der Waals surface area contributed by atoms with E-state index in [0.29, 0.717) is 60.4 Å². The van der Waals surface area contributed by atoms with E-state index in [-0.39, 0.29) is 23.3 Å². The van der Waals surface area contributed by atoms with E-state index in [1.807, 2.05) is 0 Å². The number of aliphatic hydroxyl groups excluding tert-OH is 1. The molecular formula is C28H30F4N2O4S. The molecule has 0 saturated carbocycles. The molecule has 0 spiro atoms. The van der Waals surface area contributed by atoms with Gasteiger partial charge in [0.1, 0.15) is 12.4 Å². The monoisotopic (exact) mass is 566 g/mol. The Balaban J connectivity index is 1.38. The molecule has 2 aromatic carbocycles. The van der Waals surface area contributed by atoms with Crippen LogP contribution in [0.1, 0.15) is 42.9 Å². The normalized spacial score (nSPS) is 16.4. The summed E-state index contributed by atoms with van der Waals surface area (Å²) < 4.78 is 59.1. The van der Waals surface area contributed by atoms with Crippen LogP contribution in [0.4, 0.5) is 17.6 Å². The van der Waals surface area contributed by atoms with Crippen LogP contribution in [-0.2, 0) is 11.5 Å². The van der Waals surface area contributed by atoms with Gasteiger partial charge in [-0.25, -0.2) is 17.6 Å². The molecule has 2 heterocycles. The number of thioether (sulfide) groups is 1. The second-order valence-corrected chi connectivity index (χ2v) is 10.9. The average molecular weight is 567 g/mol. The quantitative estimate of drug-likeness (QED) is 0.170. The fourth-order valence-electron chi connectivity index (χ4n) is 5.10. The van der Waals surface area contributed by atoms with Gasteiger partial charge in [0.25, 0.3) is 0 Å². The molecule has 1 saturated heterocycles. The van der Waals surface area contributed by atoms with Gasteiger partial charge in [-0.2, -0.15) is 0 Å². The van der Waals surface area contributed by atoms with Crippen LogP contribution in [0.15, 0.2) is 41.4 Å². The van der Waals surface area contributed by atoms with Crippen LogP contribution in [0.2, 0.25) is 0 Å². The fourth-order valence-corrected chi connectivity index (χ4v) is 6.06. The van der Waals surface area contributed by atoms with E-state index in [4.69, 9.17) is 4.74 Å². The number of nitrogens with zero attached hydrogens (tertiary/aromatic N) is 2. The van der Waals surface area contributed by atoms with Gasteiger partial charge in [-0.1, -0.05) is 0 Å². The molecule has 2 N–H and O–H groups in total. The van der Waals surface area contributed by atoms with E-state index in [1.165, 1.54) is 25.1 Å². The standard InChI is InChI=1S/C28H30F4N2O4S/c1-38-18-2-3-23-20(12-18)25(17(15-29)16-33-23)24(35)4-5-28(27(36)37)6-8-34(9-7-28)10-11-39-19-13-21(30)26(32)22(31)14-19/h2-3,12-14,16,24,35H,4-11,15H2,1H3,(H,36,37)/t24-/m0/s1. The molecule has 3 aromatic rings. The summed E-state index contributed by atoms with van der Waals surface area (Å²) in [5, 5.41) is 21.8. The van der Waals surface area contributed by atoms with E-state index < -0.39 is 41.6 Å². The van der Waals surface area contributed by atoms with Crippen LogP contribution in [-0.4, -0.2) is 58.6 Å². The lowest BCUT2D eigenvalue weighted by Crippen LogP contribution is -2.45. The van der Waals surface area contributed by atoms with Crippen LogP contribution in [0.3, 0.4) is 0 Å². The predicted octanol–water partition coefficient (Wildman–Crippen LogP) is 5.90. The number of aromatic nitrogens is 1. The summed E-state index contributed by atoms with van der Waals surface area (Å²) in [7, 11) is 1.51. The minimum atomic E-state index is -1.50. The highest BCUT2D eigenvalue weighted by atomic mass is 32.2. The zero-order valence-electron chi connectivity index (χ0n) is 21.4. The number of methoxy groups -OCH3 is 1. The molecule has 1 aromatic heterocycles. The number of carbonyl (C=O) groups is 1. The SMILES string of the molecule is COc1ccc2ncc(CF)c([C@@H](O)CCC3(C(=O)O)CCN(CCSc4cc(F)c(F)c(F)c4)CC3)c2c1. The van der Waals surface area contributed by atoms with Crippen molar-refractivity contribution in [1.82, 2.24) is 9.88 Å². The first-order valence-corrected chi connectivity index (χ1v) is 13.6. The molecule has 1 atom stereocenters. The fraction of sp³-hybridized carbons (Fsp3) is 0.429. The molecule has 11 heteroatoms. The first-order valence-electron chi connectivity index (χ1n) is 12.6. The first-order chi connectivity index (χ1) is 18.7. The predicted molar refractivity (Wildman–Crippen MR) is 140 cm³/mol. The molecule has 0 amide bonds. The Hall–Kier alpha value is -2.89. The van der Waals surface area contributed by atoms with Crippen molar-refractivity contribution in [3.05, 3.63) is 65.1 Å². The Morgan fingerprint density at radius 1 is 1.18 bits per heavy atom. The molecule has 1 aliphatic heterocycles. The lowest BCUT2D eigenvalue weighted by Gasteiger charge is -2.39. The number of carboxylic acids is 1. The van der Waals surface area contributed by atoms with Crippen LogP contribution < -0.4 is 4.74 Å². The second kappa shape index (κ2) is 12.5. The highest BCUT2D eigenvalue weighted by Crippen LogP contribution is 2.40. The molecule has 0 radical (unpaired) electrons. The number of hydrogen-bond donors (Lipinski definition) is 2. The smallest absolute Gasteiger partial charge is 0.309 e. The largest absolute Gasteiger partial charge is 0.497 e. The molecule has 1 fully saturated rings. The highest BCUT2D eigenvalue weighted by Gasteiger charge is 2.41. The number of likely N-dealkylation sites (tertiary alicyclic amines) is 1. The molecule has 210 valence electrons. The summed E-state index contributed by atoms with van der Waals surface area (Å²) in [6.07, 6.45) is 1.37. The molecular weight excluding hydrogens is 536 g/mol. The summed E-state index contributed by atoms with van der Waals surface area (Å²) in [5.74, 6) is -3.87. The van der Waals surface area contributed by atoms with Gasteiger partial charge < -0.3 is 19.8 Å². The van der Waals surface area contributed by atoms with Crippen LogP contribution in [0, 0.1) is 22.9 Å². The van der Waals surface area contributed by atoms with Gasteiger partial charge in [0.05, 0.1) is 24.1 Å². The summed E-state index contributed by atoms with van der Waals surface area (Å²) in [4.78, 5) is 19.0. The summed E-state index contributed by atoms with van der Waals surface area (Å²) >= 11 is 1.19. The van der Waals surface area contributed by atoms with Crippen LogP contribution >= 0.6 is 11.8 Å². The third kappa shape index (κ3) is 6.47. The number of halogens is 4. The van der Waals surface area contributed by atoms with E-state index in [2.05, 4.69) is 9.88 Å². The number of pyridine rings is 1. The van der Waals surface area contributed by atoms with Crippen molar-refractivity contribution >= 4 is 28.6 Å². The Morgan fingerprint density at radius 3 is 2.49 bits per heavy atom. The third-order valence-electron chi connectivity index (χ3n) is 7.47. The van der Waals surface area contributed by atoms with Crippen molar-refractivity contribution in [3.8, 4) is 5.75 Å². The van der Waals surface area contributed by atoms with Gasteiger partial charge in [-0.3, -0.25) is 9.78 Å². The summed E-state index contributed by atoms with van der Waals surface area (Å²) in [5.41, 5.74) is 0.183. The van der Waals surface area contributed by atoms with Crippen molar-refractivity contribution in [1.29, 1.82) is 0 Å².